The van der Waals surface area contributed by atoms with Crippen LogP contribution in [0, 0.1) is 0 Å². The van der Waals surface area contributed by atoms with Gasteiger partial charge in [0.2, 0.25) is 0 Å². The van der Waals surface area contributed by atoms with Crippen molar-refractivity contribution in [3.05, 3.63) is 72.6 Å². The third-order valence-electron chi connectivity index (χ3n) is 5.24. The van der Waals surface area contributed by atoms with Gasteiger partial charge in [-0.1, -0.05) is 35.5 Å². The van der Waals surface area contributed by atoms with Gasteiger partial charge in [0.05, 0.1) is 11.9 Å². The fourth-order valence-electron chi connectivity index (χ4n) is 3.77. The maximum absolute atomic E-state index is 13.2. The van der Waals surface area contributed by atoms with Crippen LogP contribution in [-0.2, 0) is 0 Å². The number of rotatable bonds is 4. The Kier molecular flexibility index (Phi) is 4.85. The Hall–Kier alpha value is -3.74. The van der Waals surface area contributed by atoms with E-state index < -0.39 is 0 Å². The molecule has 0 spiro atoms. The summed E-state index contributed by atoms with van der Waals surface area (Å²) in [6.07, 6.45) is 4.90. The minimum Gasteiger partial charge on any atom is -0.458 e. The molecule has 1 saturated heterocycles. The van der Waals surface area contributed by atoms with Crippen LogP contribution in [-0.4, -0.2) is 45.1 Å². The maximum Gasteiger partial charge on any atom is 0.316 e. The summed E-state index contributed by atoms with van der Waals surface area (Å²) in [6.45, 7) is 1.20. The summed E-state index contributed by atoms with van der Waals surface area (Å²) in [5, 5.41) is 4.96. The molecule has 1 aliphatic rings. The second-order valence-corrected chi connectivity index (χ2v) is 7.27. The molecule has 0 N–H and O–H groups in total. The monoisotopic (exact) mass is 400 g/mol. The molecule has 1 amide bonds. The van der Waals surface area contributed by atoms with E-state index in [1.165, 1.54) is 0 Å². The zero-order chi connectivity index (χ0) is 20.3. The van der Waals surface area contributed by atoms with Gasteiger partial charge in [0.15, 0.2) is 5.76 Å². The topological polar surface area (TPSA) is 81.4 Å². The molecule has 0 radical (unpaired) electrons. The molecule has 1 aliphatic heterocycles. The van der Waals surface area contributed by atoms with Crippen LogP contribution in [0.4, 0.5) is 0 Å². The van der Waals surface area contributed by atoms with Gasteiger partial charge in [0, 0.05) is 30.1 Å². The zero-order valence-corrected chi connectivity index (χ0v) is 16.3. The van der Waals surface area contributed by atoms with Crippen molar-refractivity contribution in [2.24, 2.45) is 0 Å². The molecule has 2 aromatic carbocycles. The highest BCUT2D eigenvalue weighted by Gasteiger charge is 2.27. The van der Waals surface area contributed by atoms with E-state index in [-0.39, 0.29) is 12.0 Å². The number of amides is 1. The summed E-state index contributed by atoms with van der Waals surface area (Å²) in [4.78, 5) is 23.3. The molecule has 30 heavy (non-hydrogen) atoms. The zero-order valence-electron chi connectivity index (χ0n) is 16.3. The van der Waals surface area contributed by atoms with Gasteiger partial charge in [0.25, 0.3) is 5.91 Å². The lowest BCUT2D eigenvalue weighted by atomic mass is 10.0. The molecule has 1 unspecified atom stereocenters. The number of fused-ring (bicyclic) bond motifs is 1. The van der Waals surface area contributed by atoms with Crippen LogP contribution in [0.5, 0.6) is 6.01 Å². The molecular formula is C23H20N4O3. The van der Waals surface area contributed by atoms with Crippen molar-refractivity contribution in [1.29, 1.82) is 0 Å². The Morgan fingerprint density at radius 3 is 2.73 bits per heavy atom. The van der Waals surface area contributed by atoms with E-state index in [0.717, 1.165) is 29.3 Å². The Morgan fingerprint density at radius 1 is 1.07 bits per heavy atom. The molecule has 7 heteroatoms. The van der Waals surface area contributed by atoms with Crippen LogP contribution in [0.1, 0.15) is 23.2 Å². The van der Waals surface area contributed by atoms with Crippen LogP contribution in [0.3, 0.4) is 0 Å². The Morgan fingerprint density at radius 2 is 1.90 bits per heavy atom. The lowest BCUT2D eigenvalue weighted by Gasteiger charge is -2.32. The highest BCUT2D eigenvalue weighted by molar-refractivity contribution is 6.01. The van der Waals surface area contributed by atoms with Crippen LogP contribution in [0.2, 0.25) is 0 Å². The number of carbonyl (C=O) groups excluding carboxylic acids is 1. The predicted molar refractivity (Wildman–Crippen MR) is 111 cm³/mol. The smallest absolute Gasteiger partial charge is 0.316 e. The van der Waals surface area contributed by atoms with Gasteiger partial charge in [-0.05, 0) is 37.1 Å². The molecule has 1 atom stereocenters. The van der Waals surface area contributed by atoms with E-state index >= 15 is 0 Å². The van der Waals surface area contributed by atoms with Crippen molar-refractivity contribution < 1.29 is 14.1 Å². The lowest BCUT2D eigenvalue weighted by Crippen LogP contribution is -2.44. The van der Waals surface area contributed by atoms with E-state index in [4.69, 9.17) is 9.26 Å². The summed E-state index contributed by atoms with van der Waals surface area (Å²) in [5.41, 5.74) is 2.27. The van der Waals surface area contributed by atoms with Crippen molar-refractivity contribution >= 4 is 16.8 Å². The molecule has 0 saturated carbocycles. The molecule has 150 valence electrons. The minimum atomic E-state index is -0.121. The molecule has 5 rings (SSSR count). The second kappa shape index (κ2) is 7.94. The van der Waals surface area contributed by atoms with Crippen molar-refractivity contribution in [1.82, 2.24) is 20.0 Å². The largest absolute Gasteiger partial charge is 0.458 e. The first-order valence-corrected chi connectivity index (χ1v) is 9.96. The lowest BCUT2D eigenvalue weighted by molar-refractivity contribution is 0.0516. The van der Waals surface area contributed by atoms with E-state index in [2.05, 4.69) is 15.1 Å². The van der Waals surface area contributed by atoms with Gasteiger partial charge in [-0.2, -0.15) is 0 Å². The van der Waals surface area contributed by atoms with Gasteiger partial charge < -0.3 is 14.2 Å². The van der Waals surface area contributed by atoms with Crippen molar-refractivity contribution in [3.8, 4) is 17.3 Å². The van der Waals surface area contributed by atoms with Gasteiger partial charge >= 0.3 is 6.01 Å². The van der Waals surface area contributed by atoms with E-state index in [1.807, 2.05) is 47.4 Å². The van der Waals surface area contributed by atoms with Crippen molar-refractivity contribution in [2.75, 3.05) is 13.1 Å². The molecule has 4 aromatic rings. The first-order valence-electron chi connectivity index (χ1n) is 9.96. The summed E-state index contributed by atoms with van der Waals surface area (Å²) < 4.78 is 11.4. The Balaban J connectivity index is 1.37. The molecule has 0 bridgehead atoms. The number of carbonyl (C=O) groups is 1. The van der Waals surface area contributed by atoms with Gasteiger partial charge in [-0.3, -0.25) is 4.79 Å². The number of likely N-dealkylation sites (tertiary alicyclic amines) is 1. The van der Waals surface area contributed by atoms with E-state index in [9.17, 15) is 4.79 Å². The number of ether oxygens (including phenoxy) is 1. The molecule has 1 fully saturated rings. The van der Waals surface area contributed by atoms with E-state index in [0.29, 0.717) is 30.4 Å². The average Bonchev–Trinajstić information content (AvgIpc) is 3.23. The third kappa shape index (κ3) is 3.61. The van der Waals surface area contributed by atoms with Crippen LogP contribution >= 0.6 is 0 Å². The molecule has 3 heterocycles. The number of hydrogen-bond donors (Lipinski definition) is 0. The van der Waals surface area contributed by atoms with Crippen molar-refractivity contribution in [2.45, 2.75) is 18.9 Å². The molecule has 7 nitrogen and oxygen atoms in total. The number of aromatic nitrogens is 3. The number of piperidine rings is 1. The van der Waals surface area contributed by atoms with Crippen LogP contribution < -0.4 is 4.74 Å². The molecular weight excluding hydrogens is 380 g/mol. The SMILES string of the molecule is O=C(c1ccc2noc(-c3ccccc3)c2c1)N1CCCC(Oc2ncccn2)C1. The number of hydrogen-bond acceptors (Lipinski definition) is 6. The average molecular weight is 400 g/mol. The summed E-state index contributed by atoms with van der Waals surface area (Å²) in [5.74, 6) is 0.640. The molecule has 0 aliphatic carbocycles. The molecule has 2 aromatic heterocycles. The minimum absolute atomic E-state index is 0.0283. The highest BCUT2D eigenvalue weighted by atomic mass is 16.5. The maximum atomic E-state index is 13.2. The first-order chi connectivity index (χ1) is 14.8. The number of benzene rings is 2. The highest BCUT2D eigenvalue weighted by Crippen LogP contribution is 2.29. The Labute approximate surface area is 173 Å². The first kappa shape index (κ1) is 18.3. The fourth-order valence-corrected chi connectivity index (χ4v) is 3.77. The van der Waals surface area contributed by atoms with Crippen LogP contribution in [0.25, 0.3) is 22.2 Å². The third-order valence-corrected chi connectivity index (χ3v) is 5.24. The second-order valence-electron chi connectivity index (χ2n) is 7.27. The van der Waals surface area contributed by atoms with Gasteiger partial charge in [-0.15, -0.1) is 0 Å². The summed E-state index contributed by atoms with van der Waals surface area (Å²) in [6, 6.07) is 17.4. The normalized spacial score (nSPS) is 16.5. The quantitative estimate of drug-likeness (QED) is 0.516. The van der Waals surface area contributed by atoms with Crippen molar-refractivity contribution in [3.63, 3.8) is 0 Å². The fraction of sp³-hybridized carbons (Fsp3) is 0.217. The summed E-state index contributed by atoms with van der Waals surface area (Å²) >= 11 is 0. The Bertz CT molecular complexity index is 1160. The van der Waals surface area contributed by atoms with Gasteiger partial charge in [-0.25, -0.2) is 9.97 Å². The predicted octanol–water partition coefficient (Wildman–Crippen LogP) is 3.97. The van der Waals surface area contributed by atoms with Gasteiger partial charge in [0.1, 0.15) is 11.6 Å². The standard InChI is InChI=1S/C23H20N4O3/c28-22(27-13-4-8-18(15-27)29-23-24-11-5-12-25-23)17-9-10-20-19(14-17)21(30-26-20)16-6-2-1-3-7-16/h1-3,5-7,9-12,14,18H,4,8,13,15H2. The van der Waals surface area contributed by atoms with E-state index in [1.54, 1.807) is 24.5 Å². The van der Waals surface area contributed by atoms with Crippen LogP contribution in [0.15, 0.2) is 71.5 Å². The number of nitrogens with zero attached hydrogens (tertiary/aromatic N) is 4. The summed E-state index contributed by atoms with van der Waals surface area (Å²) in [7, 11) is 0.